The van der Waals surface area contributed by atoms with Crippen LogP contribution in [0.2, 0.25) is 0 Å². The Balaban J connectivity index is 2.60. The highest BCUT2D eigenvalue weighted by molar-refractivity contribution is 7.56. The van der Waals surface area contributed by atoms with E-state index in [0.717, 1.165) is 24.0 Å². The Hall–Kier alpha value is -1.37. The molecule has 2 rings (SSSR count). The lowest BCUT2D eigenvalue weighted by molar-refractivity contribution is 0.449. The summed E-state index contributed by atoms with van der Waals surface area (Å²) >= 11 is 0. The van der Waals surface area contributed by atoms with Gasteiger partial charge < -0.3 is 10.4 Å². The third-order valence-corrected chi connectivity index (χ3v) is 6.58. The highest BCUT2D eigenvalue weighted by Gasteiger charge is 2.25. The fourth-order valence-electron chi connectivity index (χ4n) is 3.18. The second-order valence-corrected chi connectivity index (χ2v) is 10.7. The fraction of sp³-hybridized carbons (Fsp3) is 0.500. The molecule has 0 aliphatic heterocycles. The van der Waals surface area contributed by atoms with E-state index in [0.29, 0.717) is 14.3 Å². The smallest absolute Gasteiger partial charge is 0.127 e. The monoisotopic (exact) mass is 385 g/mol. The maximum Gasteiger partial charge on any atom is 0.127 e. The summed E-state index contributed by atoms with van der Waals surface area (Å²) in [4.78, 5) is 0. The van der Waals surface area contributed by atoms with E-state index in [-0.39, 0.29) is 10.8 Å². The van der Waals surface area contributed by atoms with Gasteiger partial charge in [-0.15, -0.1) is 0 Å². The molecular weight excluding hydrogens is 349 g/mol. The van der Waals surface area contributed by atoms with Gasteiger partial charge in [0.05, 0.1) is 0 Å². The van der Waals surface area contributed by atoms with Crippen molar-refractivity contribution in [1.82, 2.24) is 5.32 Å². The zero-order valence-corrected chi connectivity index (χ0v) is 19.2. The van der Waals surface area contributed by atoms with Crippen molar-refractivity contribution >= 4 is 19.2 Å². The summed E-state index contributed by atoms with van der Waals surface area (Å²) in [5.41, 5.74) is 4.90. The molecule has 0 aliphatic rings. The van der Waals surface area contributed by atoms with E-state index >= 15 is 0 Å². The van der Waals surface area contributed by atoms with Crippen molar-refractivity contribution in [2.75, 3.05) is 6.54 Å². The minimum atomic E-state index is -0.0943. The first-order valence-electron chi connectivity index (χ1n) is 9.89. The number of phenols is 1. The van der Waals surface area contributed by atoms with E-state index in [9.17, 15) is 5.11 Å². The lowest BCUT2D eigenvalue weighted by Gasteiger charge is -2.28. The van der Waals surface area contributed by atoms with E-state index in [1.807, 2.05) is 0 Å². The van der Waals surface area contributed by atoms with Crippen LogP contribution < -0.4 is 15.9 Å². The number of nitrogens with one attached hydrogen (secondary N) is 1. The Kier molecular flexibility index (Phi) is 6.77. The third kappa shape index (κ3) is 5.33. The molecule has 1 unspecified atom stereocenters. The molecule has 0 saturated heterocycles. The molecule has 1 atom stereocenters. The topological polar surface area (TPSA) is 32.3 Å². The molecule has 2 nitrogen and oxygen atoms in total. The minimum absolute atomic E-state index is 0.0469. The Labute approximate surface area is 167 Å². The van der Waals surface area contributed by atoms with Gasteiger partial charge in [0.15, 0.2) is 0 Å². The van der Waals surface area contributed by atoms with Crippen molar-refractivity contribution in [3.05, 3.63) is 52.6 Å². The van der Waals surface area contributed by atoms with E-state index < -0.39 is 0 Å². The summed E-state index contributed by atoms with van der Waals surface area (Å²) in [5, 5.41) is 17.0. The number of aryl methyl sites for hydroxylation is 1. The third-order valence-electron chi connectivity index (χ3n) is 4.97. The molecule has 0 radical (unpaired) electrons. The number of rotatable bonds is 5. The summed E-state index contributed by atoms with van der Waals surface area (Å²) in [6.45, 7) is 19.4. The van der Waals surface area contributed by atoms with Gasteiger partial charge in [-0.2, -0.15) is 0 Å². The molecule has 0 bridgehead atoms. The molecule has 148 valence electrons. The van der Waals surface area contributed by atoms with Crippen LogP contribution in [0.1, 0.15) is 70.7 Å². The SMILES string of the molecule is CCNCc1cccc(C)c1Pc1cc(C(C)(C)C)cc(C(C)(C)C)c1O. The average molecular weight is 386 g/mol. The van der Waals surface area contributed by atoms with Crippen molar-refractivity contribution in [3.63, 3.8) is 0 Å². The second kappa shape index (κ2) is 8.33. The second-order valence-electron chi connectivity index (χ2n) is 9.43. The van der Waals surface area contributed by atoms with Crippen molar-refractivity contribution in [2.45, 2.75) is 72.8 Å². The number of aromatic hydroxyl groups is 1. The van der Waals surface area contributed by atoms with Gasteiger partial charge in [0, 0.05) is 17.4 Å². The van der Waals surface area contributed by atoms with Gasteiger partial charge in [0.2, 0.25) is 0 Å². The molecule has 0 spiro atoms. The first-order valence-corrected chi connectivity index (χ1v) is 10.9. The number of hydrogen-bond donors (Lipinski definition) is 2. The first-order chi connectivity index (χ1) is 12.4. The van der Waals surface area contributed by atoms with E-state index in [4.69, 9.17) is 0 Å². The molecule has 0 heterocycles. The Morgan fingerprint density at radius 1 is 1.00 bits per heavy atom. The van der Waals surface area contributed by atoms with E-state index in [1.54, 1.807) is 0 Å². The lowest BCUT2D eigenvalue weighted by Crippen LogP contribution is -2.23. The van der Waals surface area contributed by atoms with Gasteiger partial charge >= 0.3 is 0 Å². The molecule has 3 heteroatoms. The molecule has 2 aromatic carbocycles. The van der Waals surface area contributed by atoms with Gasteiger partial charge in [-0.25, -0.2) is 0 Å². The molecule has 0 aromatic heterocycles. The van der Waals surface area contributed by atoms with E-state index in [1.165, 1.54) is 22.0 Å². The summed E-state index contributed by atoms with van der Waals surface area (Å²) in [6.07, 6.45) is 0. The van der Waals surface area contributed by atoms with Gasteiger partial charge in [0.25, 0.3) is 0 Å². The van der Waals surface area contributed by atoms with Crippen LogP contribution in [-0.4, -0.2) is 11.7 Å². The van der Waals surface area contributed by atoms with Crippen molar-refractivity contribution < 1.29 is 5.11 Å². The summed E-state index contributed by atoms with van der Waals surface area (Å²) in [5.74, 6) is 0.464. The van der Waals surface area contributed by atoms with Crippen LogP contribution in [-0.2, 0) is 17.4 Å². The lowest BCUT2D eigenvalue weighted by atomic mass is 9.80. The van der Waals surface area contributed by atoms with Crippen molar-refractivity contribution in [3.8, 4) is 5.75 Å². The summed E-state index contributed by atoms with van der Waals surface area (Å²) < 4.78 is 0. The van der Waals surface area contributed by atoms with Crippen LogP contribution in [0.3, 0.4) is 0 Å². The Bertz CT molecular complexity index is 797. The molecular formula is C24H36NOP. The van der Waals surface area contributed by atoms with Crippen LogP contribution in [0.25, 0.3) is 0 Å². The standard InChI is InChI=1S/C24H36NOP/c1-9-25-15-17-12-10-11-16(2)22(17)27-20-14-18(23(3,4)5)13-19(21(20)26)24(6,7)8/h10-14,25-27H,9,15H2,1-8H3. The molecule has 0 amide bonds. The highest BCUT2D eigenvalue weighted by Crippen LogP contribution is 2.36. The molecule has 2 N–H and O–H groups in total. The van der Waals surface area contributed by atoms with Crippen molar-refractivity contribution in [2.24, 2.45) is 0 Å². The van der Waals surface area contributed by atoms with Gasteiger partial charge in [-0.3, -0.25) is 0 Å². The first kappa shape index (κ1) is 21.9. The Morgan fingerprint density at radius 2 is 1.67 bits per heavy atom. The van der Waals surface area contributed by atoms with E-state index in [2.05, 4.69) is 91.0 Å². The number of benzene rings is 2. The van der Waals surface area contributed by atoms with Gasteiger partial charge in [0.1, 0.15) is 5.75 Å². The normalized spacial score (nSPS) is 12.9. The predicted molar refractivity (Wildman–Crippen MR) is 122 cm³/mol. The van der Waals surface area contributed by atoms with Crippen LogP contribution in [0.5, 0.6) is 5.75 Å². The summed E-state index contributed by atoms with van der Waals surface area (Å²) in [7, 11) is 0.445. The molecule has 0 saturated carbocycles. The van der Waals surface area contributed by atoms with Crippen molar-refractivity contribution in [1.29, 1.82) is 0 Å². The maximum atomic E-state index is 11.1. The fourth-order valence-corrected chi connectivity index (χ4v) is 4.55. The Morgan fingerprint density at radius 3 is 2.22 bits per heavy atom. The number of phenolic OH excluding ortho intramolecular Hbond substituents is 1. The van der Waals surface area contributed by atoms with Crippen LogP contribution in [0, 0.1) is 6.92 Å². The molecule has 27 heavy (non-hydrogen) atoms. The van der Waals surface area contributed by atoms with Gasteiger partial charge in [-0.05, 0) is 52.4 Å². The molecule has 0 aliphatic carbocycles. The molecule has 2 aromatic rings. The highest BCUT2D eigenvalue weighted by atomic mass is 31.1. The largest absolute Gasteiger partial charge is 0.507 e. The van der Waals surface area contributed by atoms with Crippen LogP contribution >= 0.6 is 8.58 Å². The zero-order chi connectivity index (χ0) is 20.4. The predicted octanol–water partition coefficient (Wildman–Crippen LogP) is 5.03. The summed E-state index contributed by atoms with van der Waals surface area (Å²) in [6, 6.07) is 10.9. The van der Waals surface area contributed by atoms with Crippen LogP contribution in [0.4, 0.5) is 0 Å². The van der Waals surface area contributed by atoms with Gasteiger partial charge in [-0.1, -0.05) is 81.3 Å². The zero-order valence-electron chi connectivity index (χ0n) is 18.2. The number of hydrogen-bond acceptors (Lipinski definition) is 2. The maximum absolute atomic E-state index is 11.1. The molecule has 0 fully saturated rings. The average Bonchev–Trinajstić information content (AvgIpc) is 2.54. The quantitative estimate of drug-likeness (QED) is 0.707. The minimum Gasteiger partial charge on any atom is -0.507 e. The van der Waals surface area contributed by atoms with Crippen LogP contribution in [0.15, 0.2) is 30.3 Å².